The van der Waals surface area contributed by atoms with E-state index in [2.05, 4.69) is 4.72 Å². The van der Waals surface area contributed by atoms with E-state index >= 15 is 0 Å². The van der Waals surface area contributed by atoms with Gasteiger partial charge >= 0.3 is 0 Å². The molecule has 0 radical (unpaired) electrons. The summed E-state index contributed by atoms with van der Waals surface area (Å²) < 4.78 is 26.2. The van der Waals surface area contributed by atoms with Crippen LogP contribution in [0.2, 0.25) is 0 Å². The second kappa shape index (κ2) is 7.54. The van der Waals surface area contributed by atoms with Gasteiger partial charge in [0.2, 0.25) is 10.0 Å². The van der Waals surface area contributed by atoms with Crippen LogP contribution in [0.15, 0.2) is 17.5 Å². The lowest BCUT2D eigenvalue weighted by atomic mass is 9.99. The number of nitrogens with one attached hydrogen (secondary N) is 1. The second-order valence-electron chi connectivity index (χ2n) is 5.69. The van der Waals surface area contributed by atoms with Crippen molar-refractivity contribution in [1.82, 2.24) is 9.62 Å². The standard InChI is InChI=1S/C14H22N2O4S2/c1-11(17)9-15-22(19,20)10-12-4-6-16(7-5-12)14(18)13-3-2-8-21-13/h2-3,8,11-12,15,17H,4-7,9-10H2,1H3/t11-/m0/s1. The summed E-state index contributed by atoms with van der Waals surface area (Å²) in [7, 11) is -3.37. The van der Waals surface area contributed by atoms with Gasteiger partial charge in [0.15, 0.2) is 0 Å². The highest BCUT2D eigenvalue weighted by Crippen LogP contribution is 2.21. The number of thiophene rings is 1. The highest BCUT2D eigenvalue weighted by Gasteiger charge is 2.27. The van der Waals surface area contributed by atoms with Gasteiger partial charge in [0.05, 0.1) is 16.7 Å². The summed E-state index contributed by atoms with van der Waals surface area (Å²) in [6.45, 7) is 2.76. The number of piperidine rings is 1. The summed E-state index contributed by atoms with van der Waals surface area (Å²) in [4.78, 5) is 14.7. The molecule has 1 aliphatic heterocycles. The second-order valence-corrected chi connectivity index (χ2v) is 8.49. The first-order valence-electron chi connectivity index (χ1n) is 7.35. The molecule has 0 aliphatic carbocycles. The summed E-state index contributed by atoms with van der Waals surface area (Å²) in [5.41, 5.74) is 0. The topological polar surface area (TPSA) is 86.7 Å². The molecule has 1 aromatic rings. The van der Waals surface area contributed by atoms with Crippen LogP contribution >= 0.6 is 11.3 Å². The van der Waals surface area contributed by atoms with Gasteiger partial charge in [-0.3, -0.25) is 4.79 Å². The summed E-state index contributed by atoms with van der Waals surface area (Å²) in [6.07, 6.45) is 0.680. The molecule has 0 bridgehead atoms. The van der Waals surface area contributed by atoms with Gasteiger partial charge in [-0.15, -0.1) is 11.3 Å². The minimum Gasteiger partial charge on any atom is -0.392 e. The molecule has 6 nitrogen and oxygen atoms in total. The number of carbonyl (C=O) groups is 1. The molecule has 0 unspecified atom stereocenters. The van der Waals surface area contributed by atoms with Crippen molar-refractivity contribution in [3.63, 3.8) is 0 Å². The minimum absolute atomic E-state index is 0.0311. The van der Waals surface area contributed by atoms with Crippen molar-refractivity contribution in [2.45, 2.75) is 25.9 Å². The molecule has 124 valence electrons. The van der Waals surface area contributed by atoms with E-state index in [1.807, 2.05) is 17.5 Å². The molecule has 2 N–H and O–H groups in total. The van der Waals surface area contributed by atoms with Gasteiger partial charge in [-0.25, -0.2) is 13.1 Å². The van der Waals surface area contributed by atoms with E-state index in [0.29, 0.717) is 25.9 Å². The number of amides is 1. The van der Waals surface area contributed by atoms with Crippen molar-refractivity contribution in [1.29, 1.82) is 0 Å². The van der Waals surface area contributed by atoms with Crippen LogP contribution in [0.5, 0.6) is 0 Å². The molecule has 1 aliphatic rings. The van der Waals surface area contributed by atoms with Crippen LogP contribution < -0.4 is 4.72 Å². The Bertz CT molecular complexity index is 576. The quantitative estimate of drug-likeness (QED) is 0.801. The van der Waals surface area contributed by atoms with Gasteiger partial charge in [0, 0.05) is 19.6 Å². The van der Waals surface area contributed by atoms with Gasteiger partial charge in [0.25, 0.3) is 5.91 Å². The van der Waals surface area contributed by atoms with Crippen molar-refractivity contribution >= 4 is 27.3 Å². The summed E-state index contributed by atoms with van der Waals surface area (Å²) >= 11 is 1.42. The molecule has 1 aromatic heterocycles. The maximum Gasteiger partial charge on any atom is 0.263 e. The fourth-order valence-corrected chi connectivity index (χ4v) is 4.73. The maximum atomic E-state index is 12.2. The molecule has 1 amide bonds. The molecule has 1 saturated heterocycles. The van der Waals surface area contributed by atoms with E-state index < -0.39 is 16.1 Å². The van der Waals surface area contributed by atoms with Gasteiger partial charge in [-0.2, -0.15) is 0 Å². The van der Waals surface area contributed by atoms with Crippen molar-refractivity contribution in [2.75, 3.05) is 25.4 Å². The molecule has 1 fully saturated rings. The van der Waals surface area contributed by atoms with E-state index in [1.54, 1.807) is 4.90 Å². The minimum atomic E-state index is -3.37. The van der Waals surface area contributed by atoms with Gasteiger partial charge in [-0.05, 0) is 37.1 Å². The molecule has 0 spiro atoms. The van der Waals surface area contributed by atoms with E-state index in [-0.39, 0.29) is 24.1 Å². The predicted molar refractivity (Wildman–Crippen MR) is 86.4 cm³/mol. The number of rotatable bonds is 6. The van der Waals surface area contributed by atoms with Gasteiger partial charge < -0.3 is 10.0 Å². The molecule has 8 heteroatoms. The lowest BCUT2D eigenvalue weighted by Crippen LogP contribution is -2.41. The molecule has 22 heavy (non-hydrogen) atoms. The summed E-state index contributed by atoms with van der Waals surface area (Å²) in [5, 5.41) is 11.0. The van der Waals surface area contributed by atoms with E-state index in [0.717, 1.165) is 4.88 Å². The third kappa shape index (κ3) is 5.05. The number of sulfonamides is 1. The number of aliphatic hydroxyl groups excluding tert-OH is 1. The zero-order valence-corrected chi connectivity index (χ0v) is 14.2. The molecule has 2 heterocycles. The van der Waals surface area contributed by atoms with Crippen LogP contribution in [0.1, 0.15) is 29.4 Å². The number of aliphatic hydroxyl groups is 1. The van der Waals surface area contributed by atoms with Crippen LogP contribution in [0.4, 0.5) is 0 Å². The Balaban J connectivity index is 1.81. The Morgan fingerprint density at radius 3 is 2.73 bits per heavy atom. The Morgan fingerprint density at radius 2 is 2.18 bits per heavy atom. The first-order chi connectivity index (χ1) is 10.4. The first-order valence-corrected chi connectivity index (χ1v) is 9.89. The van der Waals surface area contributed by atoms with Gasteiger partial charge in [-0.1, -0.05) is 6.07 Å². The Hall–Kier alpha value is -0.960. The highest BCUT2D eigenvalue weighted by atomic mass is 32.2. The smallest absolute Gasteiger partial charge is 0.263 e. The fraction of sp³-hybridized carbons (Fsp3) is 0.643. The Morgan fingerprint density at radius 1 is 1.50 bits per heavy atom. The van der Waals surface area contributed by atoms with Crippen molar-refractivity contribution in [3.05, 3.63) is 22.4 Å². The summed E-state index contributed by atoms with van der Waals surface area (Å²) in [6, 6.07) is 3.66. The molecule has 0 aromatic carbocycles. The lowest BCUT2D eigenvalue weighted by molar-refractivity contribution is 0.0703. The van der Waals surface area contributed by atoms with Crippen LogP contribution in [-0.2, 0) is 10.0 Å². The SMILES string of the molecule is C[C@H](O)CNS(=O)(=O)CC1CCN(C(=O)c2cccs2)CC1. The monoisotopic (exact) mass is 346 g/mol. The molecule has 2 rings (SSSR count). The van der Waals surface area contributed by atoms with Crippen molar-refractivity contribution in [3.8, 4) is 0 Å². The van der Waals surface area contributed by atoms with Gasteiger partial charge in [0.1, 0.15) is 0 Å². The average Bonchev–Trinajstić information content (AvgIpc) is 2.99. The highest BCUT2D eigenvalue weighted by molar-refractivity contribution is 7.89. The van der Waals surface area contributed by atoms with Crippen LogP contribution in [0.3, 0.4) is 0 Å². The number of hydrogen-bond donors (Lipinski definition) is 2. The number of nitrogens with zero attached hydrogens (tertiary/aromatic N) is 1. The Labute approximate surface area is 135 Å². The predicted octanol–water partition coefficient (Wildman–Crippen LogP) is 0.901. The van der Waals surface area contributed by atoms with Crippen LogP contribution in [0, 0.1) is 5.92 Å². The van der Waals surface area contributed by atoms with E-state index in [1.165, 1.54) is 18.3 Å². The van der Waals surface area contributed by atoms with E-state index in [4.69, 9.17) is 5.11 Å². The molecular weight excluding hydrogens is 324 g/mol. The maximum absolute atomic E-state index is 12.2. The van der Waals surface area contributed by atoms with Crippen molar-refractivity contribution in [2.24, 2.45) is 5.92 Å². The average molecular weight is 346 g/mol. The number of likely N-dealkylation sites (tertiary alicyclic amines) is 1. The Kier molecular flexibility index (Phi) is 5.96. The third-order valence-corrected chi connectivity index (χ3v) is 6.06. The lowest BCUT2D eigenvalue weighted by Gasteiger charge is -2.31. The molecule has 1 atom stereocenters. The zero-order chi connectivity index (χ0) is 16.2. The molecule has 0 saturated carbocycles. The normalized spacial score (nSPS) is 18.4. The number of hydrogen-bond acceptors (Lipinski definition) is 5. The fourth-order valence-electron chi connectivity index (χ4n) is 2.48. The van der Waals surface area contributed by atoms with Crippen molar-refractivity contribution < 1.29 is 18.3 Å². The first kappa shape index (κ1) is 17.4. The third-order valence-electron chi connectivity index (χ3n) is 3.69. The zero-order valence-electron chi connectivity index (χ0n) is 12.6. The molecular formula is C14H22N2O4S2. The van der Waals surface area contributed by atoms with E-state index in [9.17, 15) is 13.2 Å². The van der Waals surface area contributed by atoms with Crippen LogP contribution in [-0.4, -0.2) is 55.8 Å². The summed E-state index contributed by atoms with van der Waals surface area (Å²) in [5.74, 6) is 0.142. The number of carbonyl (C=O) groups excluding carboxylic acids is 1. The largest absolute Gasteiger partial charge is 0.392 e. The van der Waals surface area contributed by atoms with Crippen LogP contribution in [0.25, 0.3) is 0 Å².